The predicted octanol–water partition coefficient (Wildman–Crippen LogP) is 3.24. The van der Waals surface area contributed by atoms with Crippen molar-refractivity contribution in [2.45, 2.75) is 0 Å². The van der Waals surface area contributed by atoms with Gasteiger partial charge in [0.1, 0.15) is 0 Å². The van der Waals surface area contributed by atoms with Crippen LogP contribution in [-0.2, 0) is 0 Å². The number of rotatable bonds is 1. The van der Waals surface area contributed by atoms with E-state index in [0.29, 0.717) is 15.4 Å². The Morgan fingerprint density at radius 1 is 1.12 bits per heavy atom. The van der Waals surface area contributed by atoms with E-state index in [-0.39, 0.29) is 17.0 Å². The van der Waals surface area contributed by atoms with Crippen LogP contribution < -0.4 is 5.36 Å². The number of hydrogen-bond donors (Lipinski definition) is 1. The summed E-state index contributed by atoms with van der Waals surface area (Å²) in [7, 11) is 0. The van der Waals surface area contributed by atoms with Crippen LogP contribution in [0.2, 0.25) is 10.0 Å². The summed E-state index contributed by atoms with van der Waals surface area (Å²) < 4.78 is 1.63. The molecule has 0 atom stereocenters. The highest BCUT2D eigenvalue weighted by atomic mass is 79.9. The van der Waals surface area contributed by atoms with Gasteiger partial charge < -0.3 is 0 Å². The molecular weight excluding hydrogens is 313 g/mol. The van der Waals surface area contributed by atoms with Crippen LogP contribution in [-0.4, -0.2) is 9.78 Å². The third kappa shape index (κ3) is 2.84. The average molecular weight is 321 g/mol. The molecule has 0 bridgehead atoms. The van der Waals surface area contributed by atoms with Crippen LogP contribution in [0.25, 0.3) is 5.69 Å². The van der Waals surface area contributed by atoms with Crippen molar-refractivity contribution in [3.8, 4) is 5.69 Å². The minimum Gasteiger partial charge on any atom is -0.299 e. The molecule has 1 aromatic carbocycles. The molecule has 1 heterocycles. The highest BCUT2D eigenvalue weighted by Gasteiger charge is 2.00. The minimum absolute atomic E-state index is 0. The molecule has 16 heavy (non-hydrogen) atoms. The summed E-state index contributed by atoms with van der Waals surface area (Å²) in [5.74, 6) is 0. The summed E-state index contributed by atoms with van der Waals surface area (Å²) in [5, 5.41) is 12.7. The van der Waals surface area contributed by atoms with Crippen LogP contribution in [0.5, 0.6) is 0 Å². The minimum atomic E-state index is 0. The molecule has 0 aliphatic heterocycles. The molecule has 0 aliphatic carbocycles. The van der Waals surface area contributed by atoms with E-state index in [1.165, 1.54) is 6.20 Å². The van der Waals surface area contributed by atoms with E-state index in [2.05, 4.69) is 5.10 Å². The zero-order chi connectivity index (χ0) is 10.8. The lowest BCUT2D eigenvalue weighted by Gasteiger charge is -2.05. The molecule has 0 spiro atoms. The van der Waals surface area contributed by atoms with Gasteiger partial charge in [-0.05, 0) is 24.3 Å². The van der Waals surface area contributed by atoms with Gasteiger partial charge in [-0.15, -0.1) is 17.0 Å². The van der Waals surface area contributed by atoms with E-state index < -0.39 is 0 Å². The lowest BCUT2D eigenvalue weighted by atomic mass is 10.3. The van der Waals surface area contributed by atoms with Crippen molar-refractivity contribution in [2.24, 2.45) is 0 Å². The predicted molar refractivity (Wildman–Crippen MR) is 69.8 cm³/mol. The zero-order valence-electron chi connectivity index (χ0n) is 8.02. The Kier molecular flexibility index (Phi) is 4.53. The van der Waals surface area contributed by atoms with E-state index in [4.69, 9.17) is 28.6 Å². The maximum absolute atomic E-state index is 7.31. The number of hydrogen-bond acceptors (Lipinski definition) is 2. The first kappa shape index (κ1) is 13.2. The molecule has 0 fully saturated rings. The molecule has 0 radical (unpaired) electrons. The van der Waals surface area contributed by atoms with Crippen molar-refractivity contribution in [1.82, 2.24) is 9.78 Å². The number of nitrogens with zero attached hydrogens (tertiary/aromatic N) is 2. The molecule has 1 aromatic heterocycles. The highest BCUT2D eigenvalue weighted by Crippen LogP contribution is 2.23. The largest absolute Gasteiger partial charge is 0.299 e. The lowest BCUT2D eigenvalue weighted by molar-refractivity contribution is 0.829. The Morgan fingerprint density at radius 3 is 2.44 bits per heavy atom. The van der Waals surface area contributed by atoms with Gasteiger partial charge in [-0.3, -0.25) is 5.41 Å². The molecule has 0 amide bonds. The van der Waals surface area contributed by atoms with Crippen molar-refractivity contribution >= 4 is 40.2 Å². The Morgan fingerprint density at radius 2 is 1.88 bits per heavy atom. The zero-order valence-corrected chi connectivity index (χ0v) is 11.2. The van der Waals surface area contributed by atoms with E-state index >= 15 is 0 Å². The van der Waals surface area contributed by atoms with Gasteiger partial charge in [0.25, 0.3) is 0 Å². The Hall–Kier alpha value is -0.840. The molecule has 2 rings (SSSR count). The first-order valence-corrected chi connectivity index (χ1v) is 4.97. The lowest BCUT2D eigenvalue weighted by Crippen LogP contribution is -2.06. The van der Waals surface area contributed by atoms with Gasteiger partial charge in [0.15, 0.2) is 0 Å². The van der Waals surface area contributed by atoms with Crippen LogP contribution in [0.15, 0.2) is 36.7 Å². The Bertz CT molecular complexity index is 534. The molecule has 6 heteroatoms. The summed E-state index contributed by atoms with van der Waals surface area (Å²) in [6, 6.07) is 6.89. The van der Waals surface area contributed by atoms with Crippen molar-refractivity contribution in [3.63, 3.8) is 0 Å². The maximum Gasteiger partial charge on any atom is 0.0756 e. The van der Waals surface area contributed by atoms with E-state index in [9.17, 15) is 0 Å². The van der Waals surface area contributed by atoms with Crippen LogP contribution in [0, 0.1) is 5.41 Å². The van der Waals surface area contributed by atoms with Crippen LogP contribution in [0.1, 0.15) is 0 Å². The molecular formula is C10H8BrCl2N3. The number of aromatic nitrogens is 2. The molecule has 84 valence electrons. The van der Waals surface area contributed by atoms with Crippen LogP contribution >= 0.6 is 40.2 Å². The number of benzene rings is 1. The molecule has 0 saturated heterocycles. The molecule has 0 saturated carbocycles. The van der Waals surface area contributed by atoms with E-state index in [1.807, 2.05) is 6.07 Å². The molecule has 0 unspecified atom stereocenters. The Balaban J connectivity index is 0.00000128. The van der Waals surface area contributed by atoms with Crippen molar-refractivity contribution < 1.29 is 0 Å². The molecule has 0 aliphatic rings. The van der Waals surface area contributed by atoms with Gasteiger partial charge in [0.05, 0.1) is 27.3 Å². The fourth-order valence-electron chi connectivity index (χ4n) is 1.14. The summed E-state index contributed by atoms with van der Waals surface area (Å²) >= 11 is 11.7. The van der Waals surface area contributed by atoms with E-state index in [0.717, 1.165) is 5.69 Å². The second-order valence-electron chi connectivity index (χ2n) is 2.96. The summed E-state index contributed by atoms with van der Waals surface area (Å²) in [6.45, 7) is 0. The maximum atomic E-state index is 7.31. The van der Waals surface area contributed by atoms with Gasteiger partial charge in [-0.25, -0.2) is 4.68 Å². The summed E-state index contributed by atoms with van der Waals surface area (Å²) in [6.07, 6.45) is 3.16. The summed E-state index contributed by atoms with van der Waals surface area (Å²) in [4.78, 5) is 0. The quantitative estimate of drug-likeness (QED) is 0.861. The van der Waals surface area contributed by atoms with Crippen molar-refractivity contribution in [2.75, 3.05) is 0 Å². The van der Waals surface area contributed by atoms with Crippen LogP contribution in [0.3, 0.4) is 0 Å². The molecule has 1 N–H and O–H groups in total. The van der Waals surface area contributed by atoms with Gasteiger partial charge in [0, 0.05) is 6.20 Å². The van der Waals surface area contributed by atoms with Crippen LogP contribution in [0.4, 0.5) is 0 Å². The topological polar surface area (TPSA) is 41.7 Å². The standard InChI is InChI=1S/C10H7Cl2N3.BrH/c11-9-2-1-8(5-10(9)12)15-4-3-7(13)6-14-15;/h1-6,13H;1H. The van der Waals surface area contributed by atoms with Crippen molar-refractivity contribution in [3.05, 3.63) is 52.1 Å². The third-order valence-corrected chi connectivity index (χ3v) is 2.62. The van der Waals surface area contributed by atoms with E-state index in [1.54, 1.807) is 29.1 Å². The Labute approximate surface area is 113 Å². The van der Waals surface area contributed by atoms with Crippen molar-refractivity contribution in [1.29, 1.82) is 5.41 Å². The third-order valence-electron chi connectivity index (χ3n) is 1.88. The summed E-state index contributed by atoms with van der Waals surface area (Å²) in [5.41, 5.74) is 0.810. The second kappa shape index (κ2) is 5.48. The van der Waals surface area contributed by atoms with Gasteiger partial charge in [-0.2, -0.15) is 5.10 Å². The fourth-order valence-corrected chi connectivity index (χ4v) is 1.43. The number of nitrogens with one attached hydrogen (secondary N) is 1. The first-order valence-electron chi connectivity index (χ1n) is 4.22. The monoisotopic (exact) mass is 319 g/mol. The molecule has 3 nitrogen and oxygen atoms in total. The van der Waals surface area contributed by atoms with Gasteiger partial charge >= 0.3 is 0 Å². The number of halogens is 3. The van der Waals surface area contributed by atoms with Gasteiger partial charge in [0.2, 0.25) is 0 Å². The average Bonchev–Trinajstić information content (AvgIpc) is 2.23. The highest BCUT2D eigenvalue weighted by molar-refractivity contribution is 8.93. The second-order valence-corrected chi connectivity index (χ2v) is 3.77. The first-order chi connectivity index (χ1) is 7.16. The fraction of sp³-hybridized carbons (Fsp3) is 0. The van der Waals surface area contributed by atoms with Gasteiger partial charge in [-0.1, -0.05) is 23.2 Å². The smallest absolute Gasteiger partial charge is 0.0756 e. The molecule has 2 aromatic rings. The SMILES string of the molecule is Br.N=c1ccn(-c2ccc(Cl)c(Cl)c2)nc1. The normalized spacial score (nSPS) is 9.62.